The molecular weight excluding hydrogens is 328 g/mol. The minimum atomic E-state index is 0.0955. The van der Waals surface area contributed by atoms with E-state index in [-0.39, 0.29) is 5.91 Å². The van der Waals surface area contributed by atoms with Gasteiger partial charge in [0, 0.05) is 35.2 Å². The number of carbonyl (C=O) groups is 1. The third kappa shape index (κ3) is 2.30. The second-order valence-corrected chi connectivity index (χ2v) is 6.67. The van der Waals surface area contributed by atoms with E-state index in [4.69, 9.17) is 11.6 Å². The van der Waals surface area contributed by atoms with Crippen LogP contribution in [0.5, 0.6) is 0 Å². The van der Waals surface area contributed by atoms with Crippen molar-refractivity contribution < 1.29 is 4.79 Å². The number of nitrogens with zero attached hydrogens (tertiary/aromatic N) is 1. The highest BCUT2D eigenvalue weighted by molar-refractivity contribution is 9.10. The van der Waals surface area contributed by atoms with E-state index < -0.39 is 0 Å². The summed E-state index contributed by atoms with van der Waals surface area (Å²) in [6.45, 7) is 4.07. The second-order valence-electron chi connectivity index (χ2n) is 5.41. The van der Waals surface area contributed by atoms with E-state index in [9.17, 15) is 4.79 Å². The third-order valence-electron chi connectivity index (χ3n) is 4.18. The molecule has 2 fully saturated rings. The molecule has 1 aromatic rings. The second kappa shape index (κ2) is 5.08. The molecule has 0 aromatic heterocycles. The molecule has 19 heavy (non-hydrogen) atoms. The zero-order chi connectivity index (χ0) is 13.6. The number of hydrogen-bond donors (Lipinski definition) is 1. The zero-order valence-corrected chi connectivity index (χ0v) is 13.0. The lowest BCUT2D eigenvalue weighted by atomic mass is 10.0. The number of halogens is 2. The Hall–Kier alpha value is -0.580. The van der Waals surface area contributed by atoms with Crippen molar-refractivity contribution in [2.75, 3.05) is 13.1 Å². The van der Waals surface area contributed by atoms with Crippen LogP contribution in [0.2, 0.25) is 5.02 Å². The number of likely N-dealkylation sites (tertiary alicyclic amines) is 1. The molecule has 1 amide bonds. The number of hydrogen-bond acceptors (Lipinski definition) is 2. The Morgan fingerprint density at radius 3 is 3.00 bits per heavy atom. The summed E-state index contributed by atoms with van der Waals surface area (Å²) in [4.78, 5) is 14.7. The fourth-order valence-corrected chi connectivity index (χ4v) is 3.72. The lowest BCUT2D eigenvalue weighted by Crippen LogP contribution is -2.42. The summed E-state index contributed by atoms with van der Waals surface area (Å²) in [5.74, 6) is 0.697. The molecule has 1 aromatic carbocycles. The number of amides is 1. The molecule has 0 spiro atoms. The Balaban J connectivity index is 1.88. The van der Waals surface area contributed by atoms with Crippen LogP contribution in [-0.2, 0) is 0 Å². The molecule has 0 aliphatic carbocycles. The average Bonchev–Trinajstić information content (AvgIpc) is 2.91. The first-order valence-corrected chi connectivity index (χ1v) is 7.73. The van der Waals surface area contributed by atoms with Gasteiger partial charge in [0.25, 0.3) is 5.91 Å². The largest absolute Gasteiger partial charge is 0.331 e. The van der Waals surface area contributed by atoms with Gasteiger partial charge < -0.3 is 10.2 Å². The highest BCUT2D eigenvalue weighted by atomic mass is 79.9. The van der Waals surface area contributed by atoms with Crippen LogP contribution in [0.4, 0.5) is 0 Å². The lowest BCUT2D eigenvalue weighted by molar-refractivity contribution is 0.0682. The molecule has 0 saturated carbocycles. The molecule has 3 rings (SSSR count). The maximum absolute atomic E-state index is 12.7. The zero-order valence-electron chi connectivity index (χ0n) is 10.7. The molecular formula is C14H16BrClN2O. The Labute approximate surface area is 126 Å². The monoisotopic (exact) mass is 342 g/mol. The minimum absolute atomic E-state index is 0.0955. The molecule has 2 saturated heterocycles. The average molecular weight is 344 g/mol. The fraction of sp³-hybridized carbons (Fsp3) is 0.500. The normalized spacial score (nSPS) is 29.6. The van der Waals surface area contributed by atoms with Gasteiger partial charge in [0.1, 0.15) is 0 Å². The number of carbonyl (C=O) groups excluding carboxylic acids is 1. The van der Waals surface area contributed by atoms with Gasteiger partial charge in [-0.1, -0.05) is 11.6 Å². The molecule has 3 atom stereocenters. The van der Waals surface area contributed by atoms with Gasteiger partial charge in [0.2, 0.25) is 0 Å². The molecule has 0 radical (unpaired) electrons. The quantitative estimate of drug-likeness (QED) is 0.850. The van der Waals surface area contributed by atoms with E-state index in [0.717, 1.165) is 24.0 Å². The van der Waals surface area contributed by atoms with Gasteiger partial charge in [-0.3, -0.25) is 4.79 Å². The van der Waals surface area contributed by atoms with Crippen LogP contribution in [0.15, 0.2) is 22.7 Å². The number of rotatable bonds is 1. The summed E-state index contributed by atoms with van der Waals surface area (Å²) in [5, 5.41) is 3.96. The van der Waals surface area contributed by atoms with Gasteiger partial charge in [0.05, 0.1) is 5.02 Å². The predicted molar refractivity (Wildman–Crippen MR) is 79.5 cm³/mol. The van der Waals surface area contributed by atoms with E-state index >= 15 is 0 Å². The van der Waals surface area contributed by atoms with Gasteiger partial charge in [-0.15, -0.1) is 0 Å². The van der Waals surface area contributed by atoms with Crippen molar-refractivity contribution in [3.05, 3.63) is 33.3 Å². The topological polar surface area (TPSA) is 32.3 Å². The lowest BCUT2D eigenvalue weighted by Gasteiger charge is -2.27. The number of fused-ring (bicyclic) bond motifs is 1. The van der Waals surface area contributed by atoms with Gasteiger partial charge in [-0.25, -0.2) is 0 Å². The van der Waals surface area contributed by atoms with Crippen molar-refractivity contribution >= 4 is 33.4 Å². The van der Waals surface area contributed by atoms with Gasteiger partial charge >= 0.3 is 0 Å². The molecule has 2 heterocycles. The van der Waals surface area contributed by atoms with Gasteiger partial charge in [-0.2, -0.15) is 0 Å². The number of benzene rings is 1. The van der Waals surface area contributed by atoms with Crippen molar-refractivity contribution in [2.45, 2.75) is 25.4 Å². The molecule has 3 unspecified atom stereocenters. The summed E-state index contributed by atoms with van der Waals surface area (Å²) >= 11 is 9.43. The molecule has 2 aliphatic rings. The summed E-state index contributed by atoms with van der Waals surface area (Å²) in [6, 6.07) is 6.06. The van der Waals surface area contributed by atoms with Crippen molar-refractivity contribution in [1.29, 1.82) is 0 Å². The first-order chi connectivity index (χ1) is 9.08. The van der Waals surface area contributed by atoms with Crippen LogP contribution in [0.3, 0.4) is 0 Å². The molecule has 0 bridgehead atoms. The maximum atomic E-state index is 12.7. The van der Waals surface area contributed by atoms with Crippen LogP contribution in [0.1, 0.15) is 23.7 Å². The third-order valence-corrected chi connectivity index (χ3v) is 5.41. The summed E-state index contributed by atoms with van der Waals surface area (Å²) in [5.41, 5.74) is 0.674. The van der Waals surface area contributed by atoms with E-state index in [2.05, 4.69) is 28.2 Å². The van der Waals surface area contributed by atoms with E-state index in [1.807, 2.05) is 17.0 Å². The van der Waals surface area contributed by atoms with Crippen molar-refractivity contribution in [3.8, 4) is 0 Å². The minimum Gasteiger partial charge on any atom is -0.331 e. The van der Waals surface area contributed by atoms with Crippen molar-refractivity contribution in [2.24, 2.45) is 5.92 Å². The van der Waals surface area contributed by atoms with E-state index in [1.165, 1.54) is 0 Å². The Bertz CT molecular complexity index is 522. The molecule has 102 valence electrons. The Kier molecular flexibility index (Phi) is 3.58. The highest BCUT2D eigenvalue weighted by Gasteiger charge is 2.44. The predicted octanol–water partition coefficient (Wildman–Crippen LogP) is 2.92. The fourth-order valence-electron chi connectivity index (χ4n) is 3.29. The van der Waals surface area contributed by atoms with Crippen molar-refractivity contribution in [1.82, 2.24) is 10.2 Å². The first-order valence-electron chi connectivity index (χ1n) is 6.56. The van der Waals surface area contributed by atoms with Gasteiger partial charge in [-0.05, 0) is 53.4 Å². The van der Waals surface area contributed by atoms with E-state index in [1.54, 1.807) is 6.07 Å². The number of nitrogens with one attached hydrogen (secondary N) is 1. The first kappa shape index (κ1) is 13.4. The van der Waals surface area contributed by atoms with Crippen LogP contribution in [0.25, 0.3) is 0 Å². The summed E-state index contributed by atoms with van der Waals surface area (Å²) in [7, 11) is 0. The van der Waals surface area contributed by atoms with Crippen LogP contribution in [0, 0.1) is 5.92 Å². The standard InChI is InChI=1S/C14H16BrClN2O/c1-8-4-10-6-17-7-13(10)18(8)14(19)9-2-3-11(15)12(16)5-9/h2-3,5,8,10,13,17H,4,6-7H2,1H3. The van der Waals surface area contributed by atoms with Crippen LogP contribution in [-0.4, -0.2) is 36.0 Å². The SMILES string of the molecule is CC1CC2CNCC2N1C(=O)c1ccc(Br)c(Cl)c1. The van der Waals surface area contributed by atoms with Gasteiger partial charge in [0.15, 0.2) is 0 Å². The van der Waals surface area contributed by atoms with Crippen LogP contribution < -0.4 is 5.32 Å². The maximum Gasteiger partial charge on any atom is 0.254 e. The molecule has 2 aliphatic heterocycles. The summed E-state index contributed by atoms with van der Waals surface area (Å²) < 4.78 is 0.820. The molecule has 5 heteroatoms. The summed E-state index contributed by atoms with van der Waals surface area (Å²) in [6.07, 6.45) is 1.09. The smallest absolute Gasteiger partial charge is 0.254 e. The van der Waals surface area contributed by atoms with E-state index in [0.29, 0.717) is 28.6 Å². The molecule has 1 N–H and O–H groups in total. The van der Waals surface area contributed by atoms with Crippen LogP contribution >= 0.6 is 27.5 Å². The highest BCUT2D eigenvalue weighted by Crippen LogP contribution is 2.34. The Morgan fingerprint density at radius 1 is 1.47 bits per heavy atom. The van der Waals surface area contributed by atoms with Crippen molar-refractivity contribution in [3.63, 3.8) is 0 Å². The molecule has 3 nitrogen and oxygen atoms in total. The Morgan fingerprint density at radius 2 is 2.26 bits per heavy atom.